The Labute approximate surface area is 167 Å². The molecule has 0 aromatic heterocycles. The van der Waals surface area contributed by atoms with Crippen molar-refractivity contribution >= 4 is 5.97 Å². The molecule has 28 heavy (non-hydrogen) atoms. The van der Waals surface area contributed by atoms with E-state index in [1.165, 1.54) is 6.08 Å². The van der Waals surface area contributed by atoms with Crippen LogP contribution in [0.25, 0.3) is 0 Å². The Morgan fingerprint density at radius 2 is 1.86 bits per heavy atom. The van der Waals surface area contributed by atoms with Gasteiger partial charge in [0.2, 0.25) is 0 Å². The van der Waals surface area contributed by atoms with Gasteiger partial charge in [-0.05, 0) is 73.7 Å². The number of aliphatic hydroxyl groups excluding tert-OH is 2. The number of carbonyl (C=O) groups is 1. The van der Waals surface area contributed by atoms with E-state index in [1.807, 2.05) is 0 Å². The SMILES string of the molecule is C[C@]12CC[C@@H](O)C[C@@H]1CC[C@@H]1[C@@H]2CC[C@]2(C)[C@@H](C3=CC(=O)OC3)[C@H](O)C[C@@]12O. The summed E-state index contributed by atoms with van der Waals surface area (Å²) >= 11 is 0. The third-order valence-corrected chi connectivity index (χ3v) is 9.92. The predicted molar refractivity (Wildman–Crippen MR) is 103 cm³/mol. The standard InChI is InChI=1S/C23H34O5/c1-21-7-5-15(24)10-14(21)3-4-17-16(21)6-8-22(2)20(13-9-19(26)28-12-13)18(25)11-23(17,22)27/h9,14-18,20,24-25,27H,3-8,10-12H2,1-2H3/t14-,15+,16-,17+,18+,20-,21-,22+,23+/m0/s1. The summed E-state index contributed by atoms with van der Waals surface area (Å²) in [7, 11) is 0. The van der Waals surface area contributed by atoms with Gasteiger partial charge in [0.25, 0.3) is 0 Å². The summed E-state index contributed by atoms with van der Waals surface area (Å²) in [5.41, 5.74) is -0.301. The molecule has 5 aliphatic rings. The molecule has 0 aromatic rings. The summed E-state index contributed by atoms with van der Waals surface area (Å²) in [6.07, 6.45) is 7.87. The molecule has 0 radical (unpaired) electrons. The lowest BCUT2D eigenvalue weighted by Gasteiger charge is -2.63. The number of ether oxygens (including phenoxy) is 1. The highest BCUT2D eigenvalue weighted by molar-refractivity contribution is 5.85. The fraction of sp³-hybridized carbons (Fsp3) is 0.870. The van der Waals surface area contributed by atoms with Crippen molar-refractivity contribution in [3.8, 4) is 0 Å². The first kappa shape index (κ1) is 19.1. The van der Waals surface area contributed by atoms with Crippen LogP contribution in [0.5, 0.6) is 0 Å². The van der Waals surface area contributed by atoms with Gasteiger partial charge in [0, 0.05) is 23.8 Å². The lowest BCUT2D eigenvalue weighted by Crippen LogP contribution is -2.62. The van der Waals surface area contributed by atoms with Gasteiger partial charge in [-0.25, -0.2) is 4.79 Å². The lowest BCUT2D eigenvalue weighted by atomic mass is 9.43. The van der Waals surface area contributed by atoms with Gasteiger partial charge in [0.05, 0.1) is 17.8 Å². The monoisotopic (exact) mass is 390 g/mol. The van der Waals surface area contributed by atoms with Gasteiger partial charge in [-0.15, -0.1) is 0 Å². The molecule has 1 aliphatic heterocycles. The van der Waals surface area contributed by atoms with Crippen molar-refractivity contribution in [1.29, 1.82) is 0 Å². The third kappa shape index (κ3) is 2.33. The minimum Gasteiger partial charge on any atom is -0.458 e. The molecule has 4 fully saturated rings. The van der Waals surface area contributed by atoms with Crippen molar-refractivity contribution in [1.82, 2.24) is 0 Å². The molecule has 0 saturated heterocycles. The summed E-state index contributed by atoms with van der Waals surface area (Å²) in [6, 6.07) is 0. The number of cyclic esters (lactones) is 1. The van der Waals surface area contributed by atoms with Gasteiger partial charge in [-0.3, -0.25) is 0 Å². The number of aliphatic hydroxyl groups is 3. The maximum absolute atomic E-state index is 12.1. The van der Waals surface area contributed by atoms with Gasteiger partial charge in [0.1, 0.15) is 6.61 Å². The summed E-state index contributed by atoms with van der Waals surface area (Å²) in [5, 5.41) is 33.3. The van der Waals surface area contributed by atoms with Crippen LogP contribution >= 0.6 is 0 Å². The quantitative estimate of drug-likeness (QED) is 0.599. The molecule has 0 bridgehead atoms. The lowest BCUT2D eigenvalue weighted by molar-refractivity contribution is -0.208. The molecule has 0 spiro atoms. The van der Waals surface area contributed by atoms with Gasteiger partial charge >= 0.3 is 5.97 Å². The number of hydrogen-bond donors (Lipinski definition) is 3. The molecule has 156 valence electrons. The first-order valence-corrected chi connectivity index (χ1v) is 11.1. The van der Waals surface area contributed by atoms with Crippen molar-refractivity contribution in [3.05, 3.63) is 11.6 Å². The number of rotatable bonds is 1. The third-order valence-electron chi connectivity index (χ3n) is 9.92. The maximum atomic E-state index is 12.1. The van der Waals surface area contributed by atoms with E-state index in [-0.39, 0.29) is 35.9 Å². The van der Waals surface area contributed by atoms with Crippen molar-refractivity contribution in [3.63, 3.8) is 0 Å². The van der Waals surface area contributed by atoms with E-state index in [1.54, 1.807) is 0 Å². The average molecular weight is 391 g/mol. The smallest absolute Gasteiger partial charge is 0.331 e. The van der Waals surface area contributed by atoms with E-state index >= 15 is 0 Å². The van der Waals surface area contributed by atoms with Crippen LogP contribution in [0.1, 0.15) is 65.2 Å². The molecule has 3 N–H and O–H groups in total. The highest BCUT2D eigenvalue weighted by atomic mass is 16.5. The molecule has 0 unspecified atom stereocenters. The van der Waals surface area contributed by atoms with E-state index in [0.717, 1.165) is 50.5 Å². The zero-order valence-corrected chi connectivity index (χ0v) is 17.1. The molecule has 4 saturated carbocycles. The zero-order chi connectivity index (χ0) is 19.9. The van der Waals surface area contributed by atoms with E-state index in [9.17, 15) is 20.1 Å². The van der Waals surface area contributed by atoms with Crippen LogP contribution in [0.3, 0.4) is 0 Å². The van der Waals surface area contributed by atoms with Gasteiger partial charge < -0.3 is 20.1 Å². The fourth-order valence-electron chi connectivity index (χ4n) is 8.47. The van der Waals surface area contributed by atoms with Crippen LogP contribution < -0.4 is 0 Å². The number of hydrogen-bond acceptors (Lipinski definition) is 5. The highest BCUT2D eigenvalue weighted by Gasteiger charge is 2.70. The van der Waals surface area contributed by atoms with Crippen LogP contribution in [-0.2, 0) is 9.53 Å². The van der Waals surface area contributed by atoms with Crippen molar-refractivity contribution in [2.24, 2.45) is 34.5 Å². The van der Waals surface area contributed by atoms with Crippen LogP contribution in [0.15, 0.2) is 11.6 Å². The second kappa shape index (κ2) is 6.05. The van der Waals surface area contributed by atoms with Gasteiger partial charge in [-0.2, -0.15) is 0 Å². The zero-order valence-electron chi connectivity index (χ0n) is 17.1. The Hall–Kier alpha value is -0.910. The molecule has 1 heterocycles. The minimum atomic E-state index is -0.906. The average Bonchev–Trinajstić information content (AvgIpc) is 3.13. The van der Waals surface area contributed by atoms with Gasteiger partial charge in [-0.1, -0.05) is 13.8 Å². The normalized spacial score (nSPS) is 55.8. The van der Waals surface area contributed by atoms with Crippen LogP contribution in [-0.4, -0.2) is 45.7 Å². The predicted octanol–water partition coefficient (Wildman–Crippen LogP) is 2.58. The fourth-order valence-corrected chi connectivity index (χ4v) is 8.47. The summed E-state index contributed by atoms with van der Waals surface area (Å²) in [6.45, 7) is 4.77. The van der Waals surface area contributed by atoms with Crippen LogP contribution in [0, 0.1) is 34.5 Å². The van der Waals surface area contributed by atoms with E-state index in [4.69, 9.17) is 4.74 Å². The molecule has 0 amide bonds. The molecule has 5 nitrogen and oxygen atoms in total. The summed E-state index contributed by atoms with van der Waals surface area (Å²) < 4.78 is 5.14. The second-order valence-electron chi connectivity index (χ2n) is 10.9. The first-order valence-electron chi connectivity index (χ1n) is 11.1. The molecule has 9 atom stereocenters. The maximum Gasteiger partial charge on any atom is 0.331 e. The second-order valence-corrected chi connectivity index (χ2v) is 10.9. The van der Waals surface area contributed by atoms with Crippen LogP contribution in [0.4, 0.5) is 0 Å². The molecular formula is C23H34O5. The number of carbonyl (C=O) groups excluding carboxylic acids is 1. The number of esters is 1. The van der Waals surface area contributed by atoms with Crippen molar-refractivity contribution in [2.75, 3.05) is 6.61 Å². The van der Waals surface area contributed by atoms with Crippen LogP contribution in [0.2, 0.25) is 0 Å². The number of fused-ring (bicyclic) bond motifs is 5. The van der Waals surface area contributed by atoms with Crippen molar-refractivity contribution in [2.45, 2.75) is 83.0 Å². The Balaban J connectivity index is 1.50. The summed E-state index contributed by atoms with van der Waals surface area (Å²) in [5.74, 6) is 0.627. The summed E-state index contributed by atoms with van der Waals surface area (Å²) in [4.78, 5) is 11.7. The Morgan fingerprint density at radius 1 is 1.07 bits per heavy atom. The van der Waals surface area contributed by atoms with E-state index in [2.05, 4.69) is 13.8 Å². The highest BCUT2D eigenvalue weighted by Crippen LogP contribution is 2.69. The van der Waals surface area contributed by atoms with Crippen molar-refractivity contribution < 1.29 is 24.9 Å². The topological polar surface area (TPSA) is 87.0 Å². The van der Waals surface area contributed by atoms with E-state index < -0.39 is 17.1 Å². The molecule has 5 rings (SSSR count). The molecule has 0 aromatic carbocycles. The molecule has 5 heteroatoms. The Morgan fingerprint density at radius 3 is 2.57 bits per heavy atom. The van der Waals surface area contributed by atoms with Gasteiger partial charge in [0.15, 0.2) is 0 Å². The first-order chi connectivity index (χ1) is 13.2. The minimum absolute atomic E-state index is 0.170. The molecular weight excluding hydrogens is 356 g/mol. The largest absolute Gasteiger partial charge is 0.458 e. The Bertz CT molecular complexity index is 718. The molecule has 4 aliphatic carbocycles. The van der Waals surface area contributed by atoms with E-state index in [0.29, 0.717) is 18.3 Å². The Kier molecular flexibility index (Phi) is 4.12.